The zero-order valence-corrected chi connectivity index (χ0v) is 83.0. The average Bonchev–Trinajstić information content (AvgIpc) is 1.61. The van der Waals surface area contributed by atoms with E-state index in [1.165, 1.54) is 296 Å². The molecule has 0 bridgehead atoms. The van der Waals surface area contributed by atoms with Crippen molar-refractivity contribution in [1.82, 2.24) is 0 Å². The molecule has 0 unspecified atom stereocenters. The summed E-state index contributed by atoms with van der Waals surface area (Å²) in [5.74, 6) is 0. The normalized spacial score (nSPS) is 13.3. The largest absolute Gasteiger partial charge is 0.0616 e. The third-order valence-corrected chi connectivity index (χ3v) is 33.0. The fraction of sp³-hybridized carbons (Fsp3) is 0.0612. The van der Waals surface area contributed by atoms with E-state index in [4.69, 9.17) is 0 Å². The molecule has 0 heteroatoms. The fourth-order valence-electron chi connectivity index (χ4n) is 25.8. The van der Waals surface area contributed by atoms with Crippen LogP contribution in [0.3, 0.4) is 0 Å². The Bertz CT molecular complexity index is 10000. The quantitative estimate of drug-likeness (QED) is 0.126. The molecule has 0 amide bonds. The first-order valence-corrected chi connectivity index (χ1v) is 51.8. The zero-order chi connectivity index (χ0) is 98.1. The van der Waals surface area contributed by atoms with Crippen LogP contribution in [0.4, 0.5) is 0 Å². The standard InChI is InChI=1S/3C49H34/c1-49(2)44-26-25-35(30-43(44)48-38-17-6-5-13-32(38)24-27-45(48)49)34-15-11-16-36(29-34)46-39-18-7-9-20-41(39)47(42-21-10-8-19-40(42)46)37-23-22-31-12-3-4-14-33(31)28-37;1-49(2)45-25-24-36(29-43(45)44-28-34-14-5-6-15-35(34)30-46(44)49)33-16-11-17-37(27-33)47-39-18-7-9-20-41(39)48(42-21-10-8-19-40(42)47)38-23-22-31-12-3-4-13-32(31)26-38;1-49(2)45-30-36(24-25-39(45)44-28-34-14-5-6-15-35(34)29-46(44)49)33-16-11-17-37(27-33)47-40-18-7-9-20-42(40)48(43-21-10-8-19-41(43)47)38-23-22-31-12-3-4-13-32(31)26-38/h3*3-30H,1-2H3. The van der Waals surface area contributed by atoms with Gasteiger partial charge in [0, 0.05) is 16.2 Å². The van der Waals surface area contributed by atoms with Gasteiger partial charge in [0.05, 0.1) is 0 Å². The maximum atomic E-state index is 2.44. The molecule has 0 fully saturated rings. The lowest BCUT2D eigenvalue weighted by atomic mass is 9.81. The number of rotatable bonds is 9. The van der Waals surface area contributed by atoms with E-state index < -0.39 is 0 Å². The molecule has 0 aromatic heterocycles. The number of benzene rings is 27. The molecule has 0 radical (unpaired) electrons. The van der Waals surface area contributed by atoms with Crippen molar-refractivity contribution >= 4 is 129 Å². The van der Waals surface area contributed by atoms with Crippen molar-refractivity contribution in [3.8, 4) is 134 Å². The van der Waals surface area contributed by atoms with Crippen LogP contribution < -0.4 is 0 Å². The highest BCUT2D eigenvalue weighted by molar-refractivity contribution is 6.26. The van der Waals surface area contributed by atoms with E-state index in [-0.39, 0.29) is 16.2 Å². The summed E-state index contributed by atoms with van der Waals surface area (Å²) in [6, 6.07) is 190. The first kappa shape index (κ1) is 86.9. The van der Waals surface area contributed by atoms with E-state index in [1.54, 1.807) is 0 Å². The molecule has 3 aliphatic carbocycles. The second-order valence-electron chi connectivity index (χ2n) is 42.3. The Morgan fingerprint density at radius 2 is 0.313 bits per heavy atom. The van der Waals surface area contributed by atoms with Crippen LogP contribution in [0.15, 0.2) is 510 Å². The molecule has 0 nitrogen and oxygen atoms in total. The highest BCUT2D eigenvalue weighted by Gasteiger charge is 2.40. The summed E-state index contributed by atoms with van der Waals surface area (Å²) in [5.41, 5.74) is 39.1. The van der Waals surface area contributed by atoms with Gasteiger partial charge in [0.2, 0.25) is 0 Å². The van der Waals surface area contributed by atoms with Gasteiger partial charge in [-0.3, -0.25) is 0 Å². The third-order valence-electron chi connectivity index (χ3n) is 33.0. The highest BCUT2D eigenvalue weighted by atomic mass is 14.4. The van der Waals surface area contributed by atoms with Gasteiger partial charge in [-0.2, -0.15) is 0 Å². The summed E-state index contributed by atoms with van der Waals surface area (Å²) in [6.45, 7) is 14.2. The van der Waals surface area contributed by atoms with Crippen LogP contribution in [-0.4, -0.2) is 0 Å². The Morgan fingerprint density at radius 3 is 0.667 bits per heavy atom. The summed E-state index contributed by atoms with van der Waals surface area (Å²) in [4.78, 5) is 0. The molecular weight excluding hydrogens is 1770 g/mol. The lowest BCUT2D eigenvalue weighted by molar-refractivity contribution is 0.661. The summed E-state index contributed by atoms with van der Waals surface area (Å²) in [6.07, 6.45) is 0. The Hall–Kier alpha value is -17.9. The van der Waals surface area contributed by atoms with Crippen LogP contribution in [0.25, 0.3) is 263 Å². The lowest BCUT2D eigenvalue weighted by Gasteiger charge is -2.22. The summed E-state index contributed by atoms with van der Waals surface area (Å²) >= 11 is 0. The van der Waals surface area contributed by atoms with Gasteiger partial charge in [-0.15, -0.1) is 0 Å². The number of hydrogen-bond acceptors (Lipinski definition) is 0. The maximum absolute atomic E-state index is 2.44. The minimum absolute atomic E-state index is 0.0420. The molecular formula is C147H102. The monoisotopic (exact) mass is 1870 g/mol. The molecule has 147 heavy (non-hydrogen) atoms. The molecule has 0 saturated carbocycles. The molecule has 27 aromatic carbocycles. The molecule has 0 atom stereocenters. The Labute approximate surface area is 857 Å². The van der Waals surface area contributed by atoms with Gasteiger partial charge in [0.25, 0.3) is 0 Å². The Kier molecular flexibility index (Phi) is 20.2. The van der Waals surface area contributed by atoms with Crippen molar-refractivity contribution in [3.05, 3.63) is 543 Å². The minimum Gasteiger partial charge on any atom is -0.0616 e. The molecule has 0 N–H and O–H groups in total. The fourth-order valence-corrected chi connectivity index (χ4v) is 25.8. The van der Waals surface area contributed by atoms with Crippen LogP contribution >= 0.6 is 0 Å². The van der Waals surface area contributed by atoms with Crippen molar-refractivity contribution in [3.63, 3.8) is 0 Å². The maximum Gasteiger partial charge on any atom is 0.0159 e. The van der Waals surface area contributed by atoms with Gasteiger partial charge in [0.1, 0.15) is 0 Å². The first-order valence-electron chi connectivity index (χ1n) is 51.8. The molecule has 3 aliphatic rings. The van der Waals surface area contributed by atoms with Gasteiger partial charge >= 0.3 is 0 Å². The van der Waals surface area contributed by atoms with E-state index in [9.17, 15) is 0 Å². The second-order valence-corrected chi connectivity index (χ2v) is 42.3. The topological polar surface area (TPSA) is 0 Å². The van der Waals surface area contributed by atoms with E-state index in [0.29, 0.717) is 0 Å². The van der Waals surface area contributed by atoms with Crippen molar-refractivity contribution in [1.29, 1.82) is 0 Å². The summed E-state index contributed by atoms with van der Waals surface area (Å²) in [5, 5.41) is 30.7. The predicted octanol–water partition coefficient (Wildman–Crippen LogP) is 40.8. The second kappa shape index (κ2) is 34.1. The molecule has 0 spiro atoms. The SMILES string of the molecule is CC1(C)c2cc(-c3cccc(-c4c5ccccc5c(-c5ccc6ccccc6c5)c5ccccc45)c3)ccc2-c2cc3ccccc3cc21.CC1(C)c2ccc(-c3cccc(-c4c5ccccc5c(-c5ccc6ccccc6c5)c5ccccc45)c3)cc2-c2c1ccc1ccccc21.CC1(C)c2ccc(-c3cccc(-c4c5ccccc5c(-c5ccc6ccccc6c5)c5ccccc45)c3)cc2-c2cc3ccccc3cc21. The highest BCUT2D eigenvalue weighted by Crippen LogP contribution is 2.58. The van der Waals surface area contributed by atoms with Crippen LogP contribution in [0, 0.1) is 0 Å². The Balaban J connectivity index is 0.000000107. The van der Waals surface area contributed by atoms with Crippen molar-refractivity contribution in [2.75, 3.05) is 0 Å². The van der Waals surface area contributed by atoms with Crippen LogP contribution in [-0.2, 0) is 16.2 Å². The molecule has 30 rings (SSSR count). The average molecular weight is 1870 g/mol. The molecule has 0 saturated heterocycles. The third kappa shape index (κ3) is 14.2. The number of fused-ring (bicyclic) bond motifs is 22. The number of hydrogen-bond donors (Lipinski definition) is 0. The molecule has 690 valence electrons. The lowest BCUT2D eigenvalue weighted by Crippen LogP contribution is -2.15. The van der Waals surface area contributed by atoms with Crippen molar-refractivity contribution in [2.24, 2.45) is 0 Å². The van der Waals surface area contributed by atoms with E-state index in [1.807, 2.05) is 0 Å². The summed E-state index contributed by atoms with van der Waals surface area (Å²) in [7, 11) is 0. The van der Waals surface area contributed by atoms with E-state index in [2.05, 4.69) is 551 Å². The van der Waals surface area contributed by atoms with Gasteiger partial charge in [-0.1, -0.05) is 472 Å². The van der Waals surface area contributed by atoms with Gasteiger partial charge in [-0.05, 0) is 375 Å². The first-order chi connectivity index (χ1) is 72.1. The zero-order valence-electron chi connectivity index (χ0n) is 83.0. The smallest absolute Gasteiger partial charge is 0.0159 e. The minimum atomic E-state index is -0.0761. The summed E-state index contributed by atoms with van der Waals surface area (Å²) < 4.78 is 0. The van der Waals surface area contributed by atoms with E-state index in [0.717, 1.165) is 0 Å². The van der Waals surface area contributed by atoms with Gasteiger partial charge in [-0.25, -0.2) is 0 Å². The van der Waals surface area contributed by atoms with Crippen molar-refractivity contribution < 1.29 is 0 Å². The molecule has 0 heterocycles. The molecule has 27 aromatic rings. The van der Waals surface area contributed by atoms with Gasteiger partial charge in [0.15, 0.2) is 0 Å². The van der Waals surface area contributed by atoms with Gasteiger partial charge < -0.3 is 0 Å². The van der Waals surface area contributed by atoms with Crippen LogP contribution in [0.1, 0.15) is 74.9 Å². The molecule has 0 aliphatic heterocycles. The van der Waals surface area contributed by atoms with Crippen molar-refractivity contribution in [2.45, 2.75) is 57.8 Å². The Morgan fingerprint density at radius 1 is 0.102 bits per heavy atom. The van der Waals surface area contributed by atoms with Crippen LogP contribution in [0.5, 0.6) is 0 Å². The predicted molar refractivity (Wildman–Crippen MR) is 631 cm³/mol. The van der Waals surface area contributed by atoms with E-state index >= 15 is 0 Å². The van der Waals surface area contributed by atoms with Crippen LogP contribution in [0.2, 0.25) is 0 Å².